The average molecular weight is 405 g/mol. The van der Waals surface area contributed by atoms with Crippen LogP contribution in [0.4, 0.5) is 5.69 Å². The van der Waals surface area contributed by atoms with Gasteiger partial charge in [0.15, 0.2) is 0 Å². The second-order valence-corrected chi connectivity index (χ2v) is 8.90. The molecule has 3 rings (SSSR count). The van der Waals surface area contributed by atoms with E-state index in [1.54, 1.807) is 54.6 Å². The number of β-amino-alcohol motifs (C(OH)–C–C–N with tert-alkyl or cyclic N) is 1. The van der Waals surface area contributed by atoms with Crippen LogP contribution in [0.15, 0.2) is 59.5 Å². The monoisotopic (exact) mass is 404 g/mol. The Bertz CT molecular complexity index is 852. The molecule has 0 unspecified atom stereocenters. The number of nitrogens with zero attached hydrogens (tertiary/aromatic N) is 2. The van der Waals surface area contributed by atoms with Crippen molar-refractivity contribution in [3.63, 3.8) is 0 Å². The molecular formula is C21H28N2O4S. The number of methoxy groups -OCH3 is 1. The lowest BCUT2D eigenvalue weighted by molar-refractivity contribution is 0.107. The first kappa shape index (κ1) is 20.6. The third kappa shape index (κ3) is 4.84. The van der Waals surface area contributed by atoms with Crippen molar-refractivity contribution in [2.45, 2.75) is 30.3 Å². The fourth-order valence-corrected chi connectivity index (χ4v) is 5.10. The molecule has 28 heavy (non-hydrogen) atoms. The van der Waals surface area contributed by atoms with Crippen LogP contribution in [0.3, 0.4) is 0 Å². The molecule has 1 aliphatic rings. The van der Waals surface area contributed by atoms with Gasteiger partial charge in [0.2, 0.25) is 0 Å². The number of hydrogen-bond acceptors (Lipinski definition) is 5. The van der Waals surface area contributed by atoms with Crippen LogP contribution in [0.25, 0.3) is 0 Å². The second-order valence-electron chi connectivity index (χ2n) is 7.04. The zero-order valence-electron chi connectivity index (χ0n) is 16.2. The Balaban J connectivity index is 1.90. The van der Waals surface area contributed by atoms with E-state index in [0.717, 1.165) is 25.9 Å². The van der Waals surface area contributed by atoms with Gasteiger partial charge in [-0.1, -0.05) is 36.8 Å². The van der Waals surface area contributed by atoms with Gasteiger partial charge in [0.25, 0.3) is 10.0 Å². The summed E-state index contributed by atoms with van der Waals surface area (Å²) in [5, 5.41) is 10.7. The first-order valence-electron chi connectivity index (χ1n) is 9.63. The molecule has 0 amide bonds. The van der Waals surface area contributed by atoms with Crippen LogP contribution in [0, 0.1) is 0 Å². The van der Waals surface area contributed by atoms with Gasteiger partial charge in [-0.05, 0) is 50.2 Å². The first-order chi connectivity index (χ1) is 13.5. The van der Waals surface area contributed by atoms with Crippen LogP contribution in [-0.4, -0.2) is 57.8 Å². The summed E-state index contributed by atoms with van der Waals surface area (Å²) >= 11 is 0. The molecule has 0 bridgehead atoms. The number of rotatable bonds is 8. The van der Waals surface area contributed by atoms with Crippen molar-refractivity contribution in [1.82, 2.24) is 4.90 Å². The maximum atomic E-state index is 13.4. The summed E-state index contributed by atoms with van der Waals surface area (Å²) in [5.41, 5.74) is 0.423. The lowest BCUT2D eigenvalue weighted by Crippen LogP contribution is -2.44. The van der Waals surface area contributed by atoms with Crippen molar-refractivity contribution in [2.75, 3.05) is 37.6 Å². The summed E-state index contributed by atoms with van der Waals surface area (Å²) in [6.45, 7) is 2.30. The Hall–Kier alpha value is -2.09. The highest BCUT2D eigenvalue weighted by molar-refractivity contribution is 7.92. The van der Waals surface area contributed by atoms with Crippen LogP contribution in [0.5, 0.6) is 5.75 Å². The summed E-state index contributed by atoms with van der Waals surface area (Å²) in [4.78, 5) is 2.38. The lowest BCUT2D eigenvalue weighted by Gasteiger charge is -2.32. The molecule has 2 aromatic rings. The molecule has 1 heterocycles. The second kappa shape index (κ2) is 9.41. The third-order valence-corrected chi connectivity index (χ3v) is 6.77. The van der Waals surface area contributed by atoms with Gasteiger partial charge in [-0.3, -0.25) is 4.31 Å². The molecule has 0 saturated carbocycles. The number of anilines is 1. The van der Waals surface area contributed by atoms with Gasteiger partial charge in [0.05, 0.1) is 30.3 Å². The number of sulfonamides is 1. The van der Waals surface area contributed by atoms with Gasteiger partial charge in [-0.15, -0.1) is 0 Å². The van der Waals surface area contributed by atoms with Crippen molar-refractivity contribution >= 4 is 15.7 Å². The summed E-state index contributed by atoms with van der Waals surface area (Å²) in [5.74, 6) is 0.451. The summed E-state index contributed by atoms with van der Waals surface area (Å²) in [6, 6.07) is 15.3. The lowest BCUT2D eigenvalue weighted by atomic mass is 10.1. The van der Waals surface area contributed by atoms with Gasteiger partial charge in [-0.2, -0.15) is 0 Å². The molecule has 1 N–H and O–H groups in total. The Morgan fingerprint density at radius 3 is 2.36 bits per heavy atom. The number of piperidine rings is 1. The van der Waals surface area contributed by atoms with Gasteiger partial charge in [-0.25, -0.2) is 8.42 Å². The molecule has 1 saturated heterocycles. The van der Waals surface area contributed by atoms with E-state index >= 15 is 0 Å². The Kier molecular flexibility index (Phi) is 6.93. The minimum absolute atomic E-state index is 0.0336. The highest BCUT2D eigenvalue weighted by Gasteiger charge is 2.29. The molecule has 1 fully saturated rings. The fraction of sp³-hybridized carbons (Fsp3) is 0.429. The van der Waals surface area contributed by atoms with Crippen molar-refractivity contribution in [3.05, 3.63) is 54.6 Å². The standard InChI is InChI=1S/C21H28N2O4S/c1-27-21-13-7-6-12-20(21)23(28(25,26)19-10-4-2-5-11-19)17-18(24)16-22-14-8-3-9-15-22/h2,4-7,10-13,18,24H,3,8-9,14-17H2,1H3/t18-/m1/s1. The number of para-hydroxylation sites is 2. The quantitative estimate of drug-likeness (QED) is 0.733. The topological polar surface area (TPSA) is 70.1 Å². The summed E-state index contributed by atoms with van der Waals surface area (Å²) in [6.07, 6.45) is 2.64. The molecule has 0 radical (unpaired) electrons. The highest BCUT2D eigenvalue weighted by atomic mass is 32.2. The van der Waals surface area contributed by atoms with Crippen molar-refractivity contribution < 1.29 is 18.3 Å². The molecule has 1 atom stereocenters. The zero-order valence-corrected chi connectivity index (χ0v) is 17.0. The molecule has 2 aromatic carbocycles. The number of ether oxygens (including phenoxy) is 1. The zero-order chi connectivity index (χ0) is 20.0. The molecule has 0 spiro atoms. The number of hydrogen-bond donors (Lipinski definition) is 1. The van der Waals surface area contributed by atoms with E-state index < -0.39 is 16.1 Å². The SMILES string of the molecule is COc1ccccc1N(C[C@H](O)CN1CCCCC1)S(=O)(=O)c1ccccc1. The molecular weight excluding hydrogens is 376 g/mol. The van der Waals surface area contributed by atoms with E-state index in [2.05, 4.69) is 4.90 Å². The van der Waals surface area contributed by atoms with Crippen LogP contribution in [0.1, 0.15) is 19.3 Å². The number of benzene rings is 2. The van der Waals surface area contributed by atoms with Crippen molar-refractivity contribution in [1.29, 1.82) is 0 Å². The predicted octanol–water partition coefficient (Wildman–Crippen LogP) is 2.74. The first-order valence-corrected chi connectivity index (χ1v) is 11.1. The third-order valence-electron chi connectivity index (χ3n) is 4.98. The van der Waals surface area contributed by atoms with Gasteiger partial charge in [0.1, 0.15) is 5.75 Å². The number of aliphatic hydroxyl groups is 1. The summed E-state index contributed by atoms with van der Waals surface area (Å²) in [7, 11) is -2.34. The fourth-order valence-electron chi connectivity index (χ4n) is 3.57. The highest BCUT2D eigenvalue weighted by Crippen LogP contribution is 2.32. The van der Waals surface area contributed by atoms with Crippen LogP contribution in [0.2, 0.25) is 0 Å². The van der Waals surface area contributed by atoms with Gasteiger partial charge >= 0.3 is 0 Å². The Labute approximate surface area is 167 Å². The van der Waals surface area contributed by atoms with E-state index in [4.69, 9.17) is 4.74 Å². The normalized spacial score (nSPS) is 16.5. The van der Waals surface area contributed by atoms with Gasteiger partial charge in [0, 0.05) is 6.54 Å². The summed E-state index contributed by atoms with van der Waals surface area (Å²) < 4.78 is 33.4. The molecule has 152 valence electrons. The van der Waals surface area contributed by atoms with Crippen molar-refractivity contribution in [3.8, 4) is 5.75 Å². The maximum absolute atomic E-state index is 13.4. The minimum Gasteiger partial charge on any atom is -0.495 e. The Morgan fingerprint density at radius 2 is 1.68 bits per heavy atom. The van der Waals surface area contributed by atoms with Crippen molar-refractivity contribution in [2.24, 2.45) is 0 Å². The van der Waals surface area contributed by atoms with E-state index in [0.29, 0.717) is 18.0 Å². The molecule has 0 aliphatic carbocycles. The van der Waals surface area contributed by atoms with E-state index in [9.17, 15) is 13.5 Å². The van der Waals surface area contributed by atoms with Gasteiger partial charge < -0.3 is 14.7 Å². The minimum atomic E-state index is -3.85. The van der Waals surface area contributed by atoms with E-state index in [1.165, 1.54) is 17.8 Å². The van der Waals surface area contributed by atoms with E-state index in [1.807, 2.05) is 0 Å². The molecule has 6 nitrogen and oxygen atoms in total. The predicted molar refractivity (Wildman–Crippen MR) is 110 cm³/mol. The largest absolute Gasteiger partial charge is 0.495 e. The molecule has 0 aromatic heterocycles. The van der Waals surface area contributed by atoms with Crippen LogP contribution in [-0.2, 0) is 10.0 Å². The van der Waals surface area contributed by atoms with Crippen LogP contribution >= 0.6 is 0 Å². The average Bonchev–Trinajstić information content (AvgIpc) is 2.73. The van der Waals surface area contributed by atoms with E-state index in [-0.39, 0.29) is 11.4 Å². The molecule has 1 aliphatic heterocycles. The smallest absolute Gasteiger partial charge is 0.264 e. The van der Waals surface area contributed by atoms with Crippen LogP contribution < -0.4 is 9.04 Å². The number of likely N-dealkylation sites (tertiary alicyclic amines) is 1. The molecule has 7 heteroatoms. The Morgan fingerprint density at radius 1 is 1.04 bits per heavy atom. The maximum Gasteiger partial charge on any atom is 0.264 e. The number of aliphatic hydroxyl groups excluding tert-OH is 1.